The fourth-order valence-corrected chi connectivity index (χ4v) is 2.76. The first-order valence-corrected chi connectivity index (χ1v) is 6.64. The van der Waals surface area contributed by atoms with E-state index >= 15 is 0 Å². The molecule has 0 heterocycles. The molecule has 0 saturated heterocycles. The number of benzene rings is 1. The second kappa shape index (κ2) is 7.33. The summed E-state index contributed by atoms with van der Waals surface area (Å²) in [5.41, 5.74) is 24.5. The standard InChI is InChI=1S/C14H24N4O/c1-9-12(6-15)10(2)14(8-17)11(13(9)7-16)4-3-5-18-19/h3-8,15-17H2,1-2H3. The third kappa shape index (κ3) is 3.18. The molecule has 5 heteroatoms. The summed E-state index contributed by atoms with van der Waals surface area (Å²) in [6.07, 6.45) is 1.52. The van der Waals surface area contributed by atoms with E-state index in [4.69, 9.17) is 17.2 Å². The van der Waals surface area contributed by atoms with Crippen LogP contribution in [0, 0.1) is 18.8 Å². The normalized spacial score (nSPS) is 10.8. The average molecular weight is 264 g/mol. The zero-order chi connectivity index (χ0) is 14.4. The molecule has 0 bridgehead atoms. The molecule has 106 valence electrons. The Kier molecular flexibility index (Phi) is 6.08. The molecular weight excluding hydrogens is 240 g/mol. The minimum absolute atomic E-state index is 0.324. The fraction of sp³-hybridized carbons (Fsp3) is 0.571. The molecule has 0 atom stereocenters. The van der Waals surface area contributed by atoms with Crippen LogP contribution in [0.5, 0.6) is 0 Å². The van der Waals surface area contributed by atoms with E-state index in [0.29, 0.717) is 26.2 Å². The van der Waals surface area contributed by atoms with Crippen LogP contribution in [0.2, 0.25) is 0 Å². The van der Waals surface area contributed by atoms with Crippen LogP contribution in [0.25, 0.3) is 0 Å². The van der Waals surface area contributed by atoms with Crippen molar-refractivity contribution < 1.29 is 0 Å². The zero-order valence-electron chi connectivity index (χ0n) is 11.8. The summed E-state index contributed by atoms with van der Waals surface area (Å²) in [6.45, 7) is 5.86. The molecule has 0 fully saturated rings. The molecule has 19 heavy (non-hydrogen) atoms. The number of hydrogen-bond acceptors (Lipinski definition) is 5. The van der Waals surface area contributed by atoms with Crippen LogP contribution in [0.1, 0.15) is 39.8 Å². The summed E-state index contributed by atoms with van der Waals surface area (Å²) in [7, 11) is 0. The Morgan fingerprint density at radius 2 is 1.32 bits per heavy atom. The maximum atomic E-state index is 10.2. The van der Waals surface area contributed by atoms with E-state index in [-0.39, 0.29) is 0 Å². The van der Waals surface area contributed by atoms with Gasteiger partial charge in [0.2, 0.25) is 0 Å². The van der Waals surface area contributed by atoms with Gasteiger partial charge in [-0.1, -0.05) is 5.18 Å². The minimum atomic E-state index is 0.324. The van der Waals surface area contributed by atoms with Gasteiger partial charge in [-0.05, 0) is 60.1 Å². The predicted octanol–water partition coefficient (Wildman–Crippen LogP) is 1.38. The number of nitrogens with zero attached hydrogens (tertiary/aromatic N) is 1. The Balaban J connectivity index is 3.36. The van der Waals surface area contributed by atoms with E-state index in [1.165, 1.54) is 5.56 Å². The minimum Gasteiger partial charge on any atom is -0.326 e. The third-order valence-corrected chi connectivity index (χ3v) is 3.83. The van der Waals surface area contributed by atoms with Crippen LogP contribution in [0.15, 0.2) is 5.18 Å². The van der Waals surface area contributed by atoms with Gasteiger partial charge >= 0.3 is 0 Å². The predicted molar refractivity (Wildman–Crippen MR) is 78.6 cm³/mol. The molecule has 1 rings (SSSR count). The molecule has 0 unspecified atom stereocenters. The lowest BCUT2D eigenvalue weighted by Gasteiger charge is -2.22. The molecule has 5 nitrogen and oxygen atoms in total. The first-order chi connectivity index (χ1) is 9.12. The second-order valence-electron chi connectivity index (χ2n) is 4.73. The van der Waals surface area contributed by atoms with E-state index in [2.05, 4.69) is 19.0 Å². The lowest BCUT2D eigenvalue weighted by Crippen LogP contribution is -2.17. The van der Waals surface area contributed by atoms with Crippen LogP contribution >= 0.6 is 0 Å². The van der Waals surface area contributed by atoms with Gasteiger partial charge in [-0.25, -0.2) is 0 Å². The van der Waals surface area contributed by atoms with Crippen molar-refractivity contribution in [2.45, 2.75) is 46.3 Å². The molecule has 0 amide bonds. The Morgan fingerprint density at radius 3 is 1.68 bits per heavy atom. The van der Waals surface area contributed by atoms with E-state index in [0.717, 1.165) is 40.7 Å². The molecule has 0 aromatic heterocycles. The molecule has 0 aliphatic carbocycles. The molecular formula is C14H24N4O. The largest absolute Gasteiger partial charge is 0.326 e. The SMILES string of the molecule is Cc1c(CN)c(C)c(CN)c(CCCN=O)c1CN. The molecule has 6 N–H and O–H groups in total. The van der Waals surface area contributed by atoms with Gasteiger partial charge in [0.1, 0.15) is 0 Å². The van der Waals surface area contributed by atoms with Gasteiger partial charge in [0.15, 0.2) is 0 Å². The lowest BCUT2D eigenvalue weighted by atomic mass is 9.85. The Hall–Kier alpha value is -1.30. The van der Waals surface area contributed by atoms with Crippen LogP contribution in [-0.2, 0) is 26.1 Å². The number of nitrogens with two attached hydrogens (primary N) is 3. The van der Waals surface area contributed by atoms with Crippen molar-refractivity contribution in [2.24, 2.45) is 22.4 Å². The van der Waals surface area contributed by atoms with Gasteiger partial charge in [0.05, 0.1) is 6.54 Å². The number of nitroso groups, excluding NO2 is 1. The second-order valence-corrected chi connectivity index (χ2v) is 4.73. The summed E-state index contributed by atoms with van der Waals surface area (Å²) in [5.74, 6) is 0. The quantitative estimate of drug-likeness (QED) is 0.510. The van der Waals surface area contributed by atoms with Crippen LogP contribution < -0.4 is 17.2 Å². The molecule has 0 saturated carbocycles. The van der Waals surface area contributed by atoms with Crippen molar-refractivity contribution in [1.82, 2.24) is 0 Å². The Labute approximate surface area is 114 Å². The summed E-state index contributed by atoms with van der Waals surface area (Å²) in [5, 5.41) is 2.91. The van der Waals surface area contributed by atoms with Crippen LogP contribution in [0.4, 0.5) is 0 Å². The van der Waals surface area contributed by atoms with Crippen molar-refractivity contribution in [3.05, 3.63) is 38.3 Å². The molecule has 0 aliphatic heterocycles. The van der Waals surface area contributed by atoms with E-state index in [9.17, 15) is 4.91 Å². The van der Waals surface area contributed by atoms with Gasteiger partial charge in [-0.15, -0.1) is 0 Å². The summed E-state index contributed by atoms with van der Waals surface area (Å²) >= 11 is 0. The van der Waals surface area contributed by atoms with Crippen molar-refractivity contribution in [3.63, 3.8) is 0 Å². The molecule has 0 spiro atoms. The lowest BCUT2D eigenvalue weighted by molar-refractivity contribution is 0.793. The maximum Gasteiger partial charge on any atom is 0.0814 e. The first kappa shape index (κ1) is 15.8. The van der Waals surface area contributed by atoms with E-state index < -0.39 is 0 Å². The zero-order valence-corrected chi connectivity index (χ0v) is 11.8. The average Bonchev–Trinajstić information content (AvgIpc) is 2.40. The van der Waals surface area contributed by atoms with Crippen LogP contribution in [-0.4, -0.2) is 6.54 Å². The molecule has 1 aromatic carbocycles. The van der Waals surface area contributed by atoms with E-state index in [1.54, 1.807) is 0 Å². The monoisotopic (exact) mass is 264 g/mol. The molecule has 0 aliphatic rings. The molecule has 1 aromatic rings. The topological polar surface area (TPSA) is 107 Å². The summed E-state index contributed by atoms with van der Waals surface area (Å²) in [6, 6.07) is 0. The van der Waals surface area contributed by atoms with Crippen molar-refractivity contribution in [2.75, 3.05) is 6.54 Å². The van der Waals surface area contributed by atoms with Crippen molar-refractivity contribution in [1.29, 1.82) is 0 Å². The van der Waals surface area contributed by atoms with Gasteiger partial charge in [-0.3, -0.25) is 0 Å². The van der Waals surface area contributed by atoms with E-state index in [1.807, 2.05) is 0 Å². The summed E-state index contributed by atoms with van der Waals surface area (Å²) < 4.78 is 0. The highest BCUT2D eigenvalue weighted by atomic mass is 16.3. The smallest absolute Gasteiger partial charge is 0.0814 e. The number of hydrogen-bond donors (Lipinski definition) is 3. The fourth-order valence-electron chi connectivity index (χ4n) is 2.76. The third-order valence-electron chi connectivity index (χ3n) is 3.83. The summed E-state index contributed by atoms with van der Waals surface area (Å²) in [4.78, 5) is 10.2. The first-order valence-electron chi connectivity index (χ1n) is 6.64. The maximum absolute atomic E-state index is 10.2. The van der Waals surface area contributed by atoms with Gasteiger partial charge in [0.25, 0.3) is 0 Å². The Morgan fingerprint density at radius 1 is 0.842 bits per heavy atom. The highest BCUT2D eigenvalue weighted by molar-refractivity contribution is 5.51. The number of rotatable bonds is 7. The molecule has 0 radical (unpaired) electrons. The highest BCUT2D eigenvalue weighted by Gasteiger charge is 2.16. The van der Waals surface area contributed by atoms with Crippen molar-refractivity contribution >= 4 is 0 Å². The highest BCUT2D eigenvalue weighted by Crippen LogP contribution is 2.28. The van der Waals surface area contributed by atoms with Gasteiger partial charge < -0.3 is 17.2 Å². The van der Waals surface area contributed by atoms with Crippen LogP contribution in [0.3, 0.4) is 0 Å². The van der Waals surface area contributed by atoms with Gasteiger partial charge in [0, 0.05) is 19.6 Å². The Bertz CT molecular complexity index is 426. The van der Waals surface area contributed by atoms with Gasteiger partial charge in [-0.2, -0.15) is 4.91 Å². The van der Waals surface area contributed by atoms with Crippen molar-refractivity contribution in [3.8, 4) is 0 Å².